The predicted octanol–water partition coefficient (Wildman–Crippen LogP) is 0.558. The summed E-state index contributed by atoms with van der Waals surface area (Å²) in [5.41, 5.74) is 0.913. The van der Waals surface area contributed by atoms with Crippen LogP contribution < -0.4 is 5.32 Å². The summed E-state index contributed by atoms with van der Waals surface area (Å²) in [7, 11) is 0. The maximum absolute atomic E-state index is 4.02. The molecule has 2 rings (SSSR count). The van der Waals surface area contributed by atoms with Crippen LogP contribution in [0.4, 0.5) is 5.82 Å². The highest BCUT2D eigenvalue weighted by Gasteiger charge is 1.96. The van der Waals surface area contributed by atoms with Crippen LogP contribution >= 0.6 is 0 Å². The van der Waals surface area contributed by atoms with Gasteiger partial charge >= 0.3 is 0 Å². The fourth-order valence-corrected chi connectivity index (χ4v) is 1.15. The van der Waals surface area contributed by atoms with Gasteiger partial charge in [0, 0.05) is 13.0 Å². The minimum atomic E-state index is 0.757. The molecule has 0 saturated carbocycles. The Hall–Kier alpha value is -1.98. The van der Waals surface area contributed by atoms with Crippen LogP contribution in [0, 0.1) is 6.92 Å². The molecule has 0 spiro atoms. The van der Waals surface area contributed by atoms with Gasteiger partial charge in [-0.3, -0.25) is 5.10 Å². The summed E-state index contributed by atoms with van der Waals surface area (Å²) in [4.78, 5) is 4.02. The van der Waals surface area contributed by atoms with E-state index in [1.165, 1.54) is 6.33 Å². The van der Waals surface area contributed by atoms with Crippen LogP contribution in [0.15, 0.2) is 18.5 Å². The van der Waals surface area contributed by atoms with Gasteiger partial charge in [0.05, 0.1) is 5.69 Å². The molecule has 2 heterocycles. The quantitative estimate of drug-likeness (QED) is 0.760. The first kappa shape index (κ1) is 9.57. The van der Waals surface area contributed by atoms with Gasteiger partial charge in [-0.1, -0.05) is 0 Å². The predicted molar refractivity (Wildman–Crippen MR) is 55.3 cm³/mol. The topological polar surface area (TPSA) is 79.4 Å². The van der Waals surface area contributed by atoms with Crippen molar-refractivity contribution in [3.8, 4) is 0 Å². The second kappa shape index (κ2) is 4.50. The molecule has 78 valence electrons. The van der Waals surface area contributed by atoms with E-state index in [0.717, 1.165) is 30.3 Å². The van der Waals surface area contributed by atoms with Crippen molar-refractivity contribution in [3.05, 3.63) is 30.0 Å². The molecule has 0 atom stereocenters. The third kappa shape index (κ3) is 2.73. The first-order chi connectivity index (χ1) is 7.34. The van der Waals surface area contributed by atoms with Crippen molar-refractivity contribution in [2.24, 2.45) is 0 Å². The van der Waals surface area contributed by atoms with Crippen LogP contribution in [-0.4, -0.2) is 31.9 Å². The minimum Gasteiger partial charge on any atom is -0.368 e. The van der Waals surface area contributed by atoms with Crippen LogP contribution in [0.1, 0.15) is 11.5 Å². The highest BCUT2D eigenvalue weighted by molar-refractivity contribution is 5.32. The van der Waals surface area contributed by atoms with Crippen molar-refractivity contribution in [3.63, 3.8) is 0 Å². The molecule has 0 aliphatic carbocycles. The molecule has 2 aromatic heterocycles. The van der Waals surface area contributed by atoms with Gasteiger partial charge in [0.15, 0.2) is 0 Å². The summed E-state index contributed by atoms with van der Waals surface area (Å²) >= 11 is 0. The lowest BCUT2D eigenvalue weighted by atomic mass is 10.4. The first-order valence-electron chi connectivity index (χ1n) is 4.73. The molecule has 6 nitrogen and oxygen atoms in total. The first-order valence-corrected chi connectivity index (χ1v) is 4.73. The normalized spacial score (nSPS) is 10.2. The lowest BCUT2D eigenvalue weighted by molar-refractivity contribution is 0.886. The van der Waals surface area contributed by atoms with Gasteiger partial charge in [0.1, 0.15) is 18.0 Å². The molecule has 0 aliphatic rings. The summed E-state index contributed by atoms with van der Waals surface area (Å²) in [5.74, 6) is 1.64. The van der Waals surface area contributed by atoms with E-state index in [0.29, 0.717) is 0 Å². The maximum atomic E-state index is 4.02. The van der Waals surface area contributed by atoms with Gasteiger partial charge < -0.3 is 5.32 Å². The van der Waals surface area contributed by atoms with E-state index in [1.807, 2.05) is 19.1 Å². The Bertz CT molecular complexity index is 393. The van der Waals surface area contributed by atoms with Crippen molar-refractivity contribution < 1.29 is 0 Å². The standard InChI is InChI=1S/C9H12N6/c1-7-2-3-8(15-13-7)10-5-4-9-11-6-12-14-9/h2-3,6H,4-5H2,1H3,(H,10,15)(H,11,12,14). The monoisotopic (exact) mass is 204 g/mol. The van der Waals surface area contributed by atoms with E-state index < -0.39 is 0 Å². The van der Waals surface area contributed by atoms with E-state index in [9.17, 15) is 0 Å². The molecule has 0 amide bonds. The fourth-order valence-electron chi connectivity index (χ4n) is 1.15. The second-order valence-electron chi connectivity index (χ2n) is 3.17. The molecule has 0 bridgehead atoms. The summed E-state index contributed by atoms with van der Waals surface area (Å²) < 4.78 is 0. The van der Waals surface area contributed by atoms with Crippen molar-refractivity contribution in [1.82, 2.24) is 25.4 Å². The molecular weight excluding hydrogens is 192 g/mol. The summed E-state index contributed by atoms with van der Waals surface area (Å²) in [6.07, 6.45) is 2.29. The SMILES string of the molecule is Cc1ccc(NCCc2ncn[nH]2)nn1. The molecule has 15 heavy (non-hydrogen) atoms. The molecule has 0 radical (unpaired) electrons. The number of aromatic amines is 1. The van der Waals surface area contributed by atoms with Gasteiger partial charge in [-0.25, -0.2) is 4.98 Å². The Morgan fingerprint density at radius 1 is 1.33 bits per heavy atom. The summed E-state index contributed by atoms with van der Waals surface area (Å²) in [6.45, 7) is 2.66. The van der Waals surface area contributed by atoms with E-state index in [2.05, 4.69) is 30.7 Å². The van der Waals surface area contributed by atoms with Crippen molar-refractivity contribution >= 4 is 5.82 Å². The second-order valence-corrected chi connectivity index (χ2v) is 3.17. The molecule has 2 aromatic rings. The van der Waals surface area contributed by atoms with Gasteiger partial charge in [0.25, 0.3) is 0 Å². The van der Waals surface area contributed by atoms with Crippen LogP contribution in [-0.2, 0) is 6.42 Å². The Balaban J connectivity index is 1.81. The number of hydrogen-bond donors (Lipinski definition) is 2. The van der Waals surface area contributed by atoms with E-state index in [1.54, 1.807) is 0 Å². The Labute approximate surface area is 87.2 Å². The smallest absolute Gasteiger partial charge is 0.148 e. The molecular formula is C9H12N6. The van der Waals surface area contributed by atoms with Gasteiger partial charge in [-0.2, -0.15) is 10.2 Å². The maximum Gasteiger partial charge on any atom is 0.148 e. The number of nitrogens with zero attached hydrogens (tertiary/aromatic N) is 4. The van der Waals surface area contributed by atoms with E-state index in [4.69, 9.17) is 0 Å². The molecule has 0 aromatic carbocycles. The average molecular weight is 204 g/mol. The van der Waals surface area contributed by atoms with Gasteiger partial charge in [-0.05, 0) is 19.1 Å². The van der Waals surface area contributed by atoms with E-state index >= 15 is 0 Å². The summed E-state index contributed by atoms with van der Waals surface area (Å²) in [5, 5.41) is 17.6. The third-order valence-corrected chi connectivity index (χ3v) is 1.93. The van der Waals surface area contributed by atoms with Crippen LogP contribution in [0.25, 0.3) is 0 Å². The zero-order chi connectivity index (χ0) is 10.5. The van der Waals surface area contributed by atoms with Crippen LogP contribution in [0.5, 0.6) is 0 Å². The number of aryl methyl sites for hydroxylation is 1. The highest BCUT2D eigenvalue weighted by Crippen LogP contribution is 2.00. The molecule has 0 saturated heterocycles. The van der Waals surface area contributed by atoms with E-state index in [-0.39, 0.29) is 0 Å². The van der Waals surface area contributed by atoms with Gasteiger partial charge in [0.2, 0.25) is 0 Å². The Morgan fingerprint density at radius 2 is 2.27 bits per heavy atom. The highest BCUT2D eigenvalue weighted by atomic mass is 15.2. The largest absolute Gasteiger partial charge is 0.368 e. The number of anilines is 1. The van der Waals surface area contributed by atoms with Crippen LogP contribution in [0.3, 0.4) is 0 Å². The lowest BCUT2D eigenvalue weighted by Gasteiger charge is -2.02. The zero-order valence-electron chi connectivity index (χ0n) is 8.44. The molecule has 0 aliphatic heterocycles. The summed E-state index contributed by atoms with van der Waals surface area (Å²) in [6, 6.07) is 3.83. The number of hydrogen-bond acceptors (Lipinski definition) is 5. The number of H-pyrrole nitrogens is 1. The molecule has 0 fully saturated rings. The minimum absolute atomic E-state index is 0.757. The van der Waals surface area contributed by atoms with Crippen LogP contribution in [0.2, 0.25) is 0 Å². The number of aromatic nitrogens is 5. The lowest BCUT2D eigenvalue weighted by Crippen LogP contribution is -2.07. The molecule has 6 heteroatoms. The van der Waals surface area contributed by atoms with Crippen molar-refractivity contribution in [2.45, 2.75) is 13.3 Å². The Kier molecular flexibility index (Phi) is 2.87. The zero-order valence-corrected chi connectivity index (χ0v) is 8.44. The van der Waals surface area contributed by atoms with Crippen molar-refractivity contribution in [2.75, 3.05) is 11.9 Å². The Morgan fingerprint density at radius 3 is 2.93 bits per heavy atom. The average Bonchev–Trinajstić information content (AvgIpc) is 2.74. The van der Waals surface area contributed by atoms with Gasteiger partial charge in [-0.15, -0.1) is 5.10 Å². The number of nitrogens with one attached hydrogen (secondary N) is 2. The fraction of sp³-hybridized carbons (Fsp3) is 0.333. The van der Waals surface area contributed by atoms with Crippen molar-refractivity contribution in [1.29, 1.82) is 0 Å². The number of rotatable bonds is 4. The molecule has 0 unspecified atom stereocenters. The third-order valence-electron chi connectivity index (χ3n) is 1.93. The molecule has 2 N–H and O–H groups in total.